The van der Waals surface area contributed by atoms with Gasteiger partial charge in [-0.05, 0) is 54.9 Å². The molecule has 3 nitrogen and oxygen atoms in total. The van der Waals surface area contributed by atoms with E-state index in [1.165, 1.54) is 17.7 Å². The maximum Gasteiger partial charge on any atom is 0.246 e. The molecule has 0 bridgehead atoms. The van der Waals surface area contributed by atoms with Gasteiger partial charge >= 0.3 is 0 Å². The minimum atomic E-state index is -0.777. The van der Waals surface area contributed by atoms with Crippen molar-refractivity contribution >= 4 is 17.7 Å². The van der Waals surface area contributed by atoms with Crippen LogP contribution in [-0.2, 0) is 4.79 Å². The maximum atomic E-state index is 13.0. The standard InChI is InChI=1S/C18H22FNO2S/c19-15-3-1-14(2-4-15)17(21)12-20(16-5-6-16)18(22)11-13-7-9-23-10-8-13/h1-4,11,16-17,21H,5-10,12H2. The van der Waals surface area contributed by atoms with Crippen LogP contribution < -0.4 is 0 Å². The van der Waals surface area contributed by atoms with Gasteiger partial charge in [0, 0.05) is 12.1 Å². The first-order chi connectivity index (χ1) is 11.1. The third-order valence-electron chi connectivity index (χ3n) is 4.36. The molecule has 2 fully saturated rings. The number of hydrogen-bond donors (Lipinski definition) is 1. The van der Waals surface area contributed by atoms with Crippen molar-refractivity contribution in [3.63, 3.8) is 0 Å². The van der Waals surface area contributed by atoms with Crippen LogP contribution in [0.4, 0.5) is 4.39 Å². The fourth-order valence-corrected chi connectivity index (χ4v) is 3.83. The molecule has 0 spiro atoms. The van der Waals surface area contributed by atoms with Gasteiger partial charge in [-0.15, -0.1) is 0 Å². The molecule has 0 aromatic heterocycles. The molecule has 1 N–H and O–H groups in total. The molecule has 1 saturated heterocycles. The number of thioether (sulfide) groups is 1. The van der Waals surface area contributed by atoms with Gasteiger partial charge < -0.3 is 10.0 Å². The summed E-state index contributed by atoms with van der Waals surface area (Å²) in [6, 6.07) is 6.07. The Morgan fingerprint density at radius 3 is 2.57 bits per heavy atom. The molecular formula is C18H22FNO2S. The minimum absolute atomic E-state index is 0.00978. The summed E-state index contributed by atoms with van der Waals surface area (Å²) in [6.07, 6.45) is 4.96. The number of halogens is 1. The maximum absolute atomic E-state index is 13.0. The van der Waals surface area contributed by atoms with E-state index in [0.29, 0.717) is 5.56 Å². The van der Waals surface area contributed by atoms with Gasteiger partial charge in [0.05, 0.1) is 12.6 Å². The predicted octanol–water partition coefficient (Wildman–Crippen LogP) is 3.30. The molecule has 1 unspecified atom stereocenters. The first-order valence-electron chi connectivity index (χ1n) is 8.15. The fourth-order valence-electron chi connectivity index (χ4n) is 2.82. The topological polar surface area (TPSA) is 40.5 Å². The monoisotopic (exact) mass is 335 g/mol. The molecule has 3 rings (SSSR count). The highest BCUT2D eigenvalue weighted by Gasteiger charge is 2.33. The van der Waals surface area contributed by atoms with E-state index in [1.54, 1.807) is 23.1 Å². The van der Waals surface area contributed by atoms with Crippen LogP contribution >= 0.6 is 11.8 Å². The average Bonchev–Trinajstić information content (AvgIpc) is 3.38. The number of rotatable bonds is 5. The van der Waals surface area contributed by atoms with Crippen LogP contribution in [0.2, 0.25) is 0 Å². The van der Waals surface area contributed by atoms with Gasteiger partial charge in [0.1, 0.15) is 5.82 Å². The summed E-state index contributed by atoms with van der Waals surface area (Å²) in [6.45, 7) is 0.271. The molecule has 1 heterocycles. The normalized spacial score (nSPS) is 19.3. The zero-order valence-electron chi connectivity index (χ0n) is 13.1. The Labute approximate surface area is 140 Å². The molecule has 23 heavy (non-hydrogen) atoms. The summed E-state index contributed by atoms with van der Waals surface area (Å²) < 4.78 is 13.0. The Hall–Kier alpha value is -1.33. The van der Waals surface area contributed by atoms with Crippen LogP contribution in [0.5, 0.6) is 0 Å². The van der Waals surface area contributed by atoms with Gasteiger partial charge in [-0.1, -0.05) is 17.7 Å². The Morgan fingerprint density at radius 1 is 1.30 bits per heavy atom. The van der Waals surface area contributed by atoms with E-state index in [1.807, 2.05) is 11.8 Å². The SMILES string of the molecule is O=C(C=C1CCSCC1)N(CC(O)c1ccc(F)cc1)C1CC1. The smallest absolute Gasteiger partial charge is 0.246 e. The van der Waals surface area contributed by atoms with Gasteiger partial charge in [0.2, 0.25) is 5.91 Å². The van der Waals surface area contributed by atoms with Crippen molar-refractivity contribution in [1.82, 2.24) is 4.90 Å². The molecule has 0 radical (unpaired) electrons. The molecule has 1 saturated carbocycles. The van der Waals surface area contributed by atoms with Crippen LogP contribution in [0, 0.1) is 5.82 Å². The van der Waals surface area contributed by atoms with E-state index in [2.05, 4.69) is 0 Å². The summed E-state index contributed by atoms with van der Waals surface area (Å²) in [5, 5.41) is 10.4. The number of aliphatic hydroxyl groups excluding tert-OH is 1. The lowest BCUT2D eigenvalue weighted by atomic mass is 10.1. The first-order valence-corrected chi connectivity index (χ1v) is 9.30. The molecule has 1 aliphatic carbocycles. The van der Waals surface area contributed by atoms with Crippen molar-refractivity contribution in [2.24, 2.45) is 0 Å². The average molecular weight is 335 g/mol. The van der Waals surface area contributed by atoms with Crippen molar-refractivity contribution < 1.29 is 14.3 Å². The number of nitrogens with zero attached hydrogens (tertiary/aromatic N) is 1. The van der Waals surface area contributed by atoms with Gasteiger partial charge in [-0.25, -0.2) is 4.39 Å². The fraction of sp³-hybridized carbons (Fsp3) is 0.500. The van der Waals surface area contributed by atoms with Gasteiger partial charge in [0.25, 0.3) is 0 Å². The predicted molar refractivity (Wildman–Crippen MR) is 90.7 cm³/mol. The Bertz CT molecular complexity index is 575. The molecule has 1 aromatic carbocycles. The van der Waals surface area contributed by atoms with E-state index in [0.717, 1.165) is 37.2 Å². The lowest BCUT2D eigenvalue weighted by Crippen LogP contribution is -2.35. The summed E-state index contributed by atoms with van der Waals surface area (Å²) in [5.41, 5.74) is 1.86. The number of aliphatic hydroxyl groups is 1. The second kappa shape index (κ2) is 7.49. The van der Waals surface area contributed by atoms with Crippen LogP contribution in [0.1, 0.15) is 37.4 Å². The second-order valence-corrected chi connectivity index (χ2v) is 7.43. The number of carbonyl (C=O) groups is 1. The Balaban J connectivity index is 1.66. The highest BCUT2D eigenvalue weighted by molar-refractivity contribution is 7.99. The quantitative estimate of drug-likeness (QED) is 0.840. The highest BCUT2D eigenvalue weighted by Crippen LogP contribution is 2.30. The number of benzene rings is 1. The van der Waals surface area contributed by atoms with Crippen LogP contribution in [0.15, 0.2) is 35.9 Å². The van der Waals surface area contributed by atoms with E-state index in [-0.39, 0.29) is 24.3 Å². The van der Waals surface area contributed by atoms with Crippen molar-refractivity contribution in [1.29, 1.82) is 0 Å². The number of allylic oxidation sites excluding steroid dienone is 1. The molecule has 1 atom stereocenters. The number of carbonyl (C=O) groups excluding carboxylic acids is 1. The number of hydrogen-bond acceptors (Lipinski definition) is 3. The first kappa shape index (κ1) is 16.5. The third kappa shape index (κ3) is 4.58. The molecule has 2 aliphatic rings. The minimum Gasteiger partial charge on any atom is -0.387 e. The van der Waals surface area contributed by atoms with E-state index < -0.39 is 6.10 Å². The lowest BCUT2D eigenvalue weighted by Gasteiger charge is -2.25. The largest absolute Gasteiger partial charge is 0.387 e. The van der Waals surface area contributed by atoms with Crippen LogP contribution in [-0.4, -0.2) is 40.0 Å². The van der Waals surface area contributed by atoms with Gasteiger partial charge in [-0.2, -0.15) is 11.8 Å². The highest BCUT2D eigenvalue weighted by atomic mass is 32.2. The van der Waals surface area contributed by atoms with E-state index in [9.17, 15) is 14.3 Å². The van der Waals surface area contributed by atoms with Crippen molar-refractivity contribution in [2.45, 2.75) is 37.8 Å². The molecule has 1 aliphatic heterocycles. The summed E-state index contributed by atoms with van der Waals surface area (Å²) in [7, 11) is 0. The van der Waals surface area contributed by atoms with Crippen LogP contribution in [0.3, 0.4) is 0 Å². The molecule has 1 amide bonds. The molecular weight excluding hydrogens is 313 g/mol. The van der Waals surface area contributed by atoms with Gasteiger partial charge in [-0.3, -0.25) is 4.79 Å². The molecule has 5 heteroatoms. The van der Waals surface area contributed by atoms with E-state index >= 15 is 0 Å². The molecule has 1 aromatic rings. The summed E-state index contributed by atoms with van der Waals surface area (Å²) in [4.78, 5) is 14.4. The lowest BCUT2D eigenvalue weighted by molar-refractivity contribution is -0.128. The second-order valence-electron chi connectivity index (χ2n) is 6.20. The van der Waals surface area contributed by atoms with Crippen molar-refractivity contribution in [2.75, 3.05) is 18.1 Å². The zero-order valence-corrected chi connectivity index (χ0v) is 13.9. The Kier molecular flexibility index (Phi) is 5.38. The van der Waals surface area contributed by atoms with Gasteiger partial charge in [0.15, 0.2) is 0 Å². The zero-order chi connectivity index (χ0) is 16.2. The van der Waals surface area contributed by atoms with Crippen LogP contribution in [0.25, 0.3) is 0 Å². The van der Waals surface area contributed by atoms with Crippen molar-refractivity contribution in [3.05, 3.63) is 47.3 Å². The van der Waals surface area contributed by atoms with Crippen molar-refractivity contribution in [3.8, 4) is 0 Å². The Morgan fingerprint density at radius 2 is 1.96 bits per heavy atom. The summed E-state index contributed by atoms with van der Waals surface area (Å²) in [5.74, 6) is 1.85. The third-order valence-corrected chi connectivity index (χ3v) is 5.34. The molecule has 124 valence electrons. The number of amides is 1. The summed E-state index contributed by atoms with van der Waals surface area (Å²) >= 11 is 1.93. The van der Waals surface area contributed by atoms with E-state index in [4.69, 9.17) is 0 Å².